The molecule has 0 bridgehead atoms. The first-order valence-corrected chi connectivity index (χ1v) is 7.41. The number of amides is 2. The molecule has 0 unspecified atom stereocenters. The first kappa shape index (κ1) is 17.2. The summed E-state index contributed by atoms with van der Waals surface area (Å²) in [5.41, 5.74) is 0. The summed E-state index contributed by atoms with van der Waals surface area (Å²) in [5.74, 6) is 1.00. The van der Waals surface area contributed by atoms with Gasteiger partial charge < -0.3 is 15.1 Å². The van der Waals surface area contributed by atoms with Gasteiger partial charge in [0.15, 0.2) is 0 Å². The molecule has 2 rings (SSSR count). The van der Waals surface area contributed by atoms with Gasteiger partial charge in [-0.05, 0) is 45.2 Å². The monoisotopic (exact) mass is 303 g/mol. The van der Waals surface area contributed by atoms with Gasteiger partial charge in [0.05, 0.1) is 6.54 Å². The fourth-order valence-electron chi connectivity index (χ4n) is 2.95. The molecule has 2 saturated heterocycles. The molecule has 1 N–H and O–H groups in total. The Morgan fingerprint density at radius 1 is 1.30 bits per heavy atom. The predicted octanol–water partition coefficient (Wildman–Crippen LogP) is 0.879. The highest BCUT2D eigenvalue weighted by atomic mass is 35.5. The normalized spacial score (nSPS) is 20.1. The van der Waals surface area contributed by atoms with Crippen molar-refractivity contribution in [2.45, 2.75) is 32.1 Å². The smallest absolute Gasteiger partial charge is 0.242 e. The number of nitrogens with one attached hydrogen (secondary N) is 1. The van der Waals surface area contributed by atoms with Crippen LogP contribution in [-0.2, 0) is 9.59 Å². The zero-order valence-electron chi connectivity index (χ0n) is 12.3. The summed E-state index contributed by atoms with van der Waals surface area (Å²) in [4.78, 5) is 27.3. The van der Waals surface area contributed by atoms with Gasteiger partial charge in [-0.3, -0.25) is 9.59 Å². The minimum absolute atomic E-state index is 0. The zero-order valence-corrected chi connectivity index (χ0v) is 13.1. The Morgan fingerprint density at radius 3 is 2.55 bits per heavy atom. The largest absolute Gasteiger partial charge is 0.341 e. The third kappa shape index (κ3) is 4.63. The van der Waals surface area contributed by atoms with Crippen molar-refractivity contribution in [2.24, 2.45) is 5.92 Å². The maximum atomic E-state index is 12.1. The number of hydrogen-bond acceptors (Lipinski definition) is 3. The molecule has 0 aliphatic carbocycles. The molecule has 20 heavy (non-hydrogen) atoms. The van der Waals surface area contributed by atoms with Gasteiger partial charge in [-0.15, -0.1) is 12.4 Å². The number of carbonyl (C=O) groups excluding carboxylic acids is 2. The standard InChI is InChI=1S/C14H25N3O2.ClH/c1-15-7-4-12-5-9-16(10-6-12)14(19)11-17-8-2-3-13(17)18;/h12,15H,2-11H2,1H3;1H. The molecule has 2 amide bonds. The molecule has 0 aromatic heterocycles. The van der Waals surface area contributed by atoms with Crippen LogP contribution >= 0.6 is 12.4 Å². The number of likely N-dealkylation sites (tertiary alicyclic amines) is 2. The average molecular weight is 304 g/mol. The fourth-order valence-corrected chi connectivity index (χ4v) is 2.95. The molecular weight excluding hydrogens is 278 g/mol. The number of nitrogens with zero attached hydrogens (tertiary/aromatic N) is 2. The van der Waals surface area contributed by atoms with E-state index >= 15 is 0 Å². The predicted molar refractivity (Wildman–Crippen MR) is 80.9 cm³/mol. The maximum Gasteiger partial charge on any atom is 0.242 e. The summed E-state index contributed by atoms with van der Waals surface area (Å²) >= 11 is 0. The lowest BCUT2D eigenvalue weighted by molar-refractivity contribution is -0.139. The molecule has 116 valence electrons. The molecule has 6 heteroatoms. The van der Waals surface area contributed by atoms with Crippen molar-refractivity contribution in [2.75, 3.05) is 39.8 Å². The van der Waals surface area contributed by atoms with Crippen LogP contribution in [0.1, 0.15) is 32.1 Å². The Morgan fingerprint density at radius 2 is 2.00 bits per heavy atom. The van der Waals surface area contributed by atoms with Crippen LogP contribution in [0.4, 0.5) is 0 Å². The molecule has 0 atom stereocenters. The van der Waals surface area contributed by atoms with E-state index in [4.69, 9.17) is 0 Å². The van der Waals surface area contributed by atoms with Crippen LogP contribution in [0.5, 0.6) is 0 Å². The van der Waals surface area contributed by atoms with Gasteiger partial charge in [-0.2, -0.15) is 0 Å². The van der Waals surface area contributed by atoms with Crippen LogP contribution < -0.4 is 5.32 Å². The second kappa shape index (κ2) is 8.47. The van der Waals surface area contributed by atoms with Crippen LogP contribution in [0.3, 0.4) is 0 Å². The van der Waals surface area contributed by atoms with E-state index in [1.165, 1.54) is 6.42 Å². The molecule has 0 saturated carbocycles. The minimum Gasteiger partial charge on any atom is -0.341 e. The highest BCUT2D eigenvalue weighted by molar-refractivity contribution is 5.86. The lowest BCUT2D eigenvalue weighted by Gasteiger charge is -2.33. The van der Waals surface area contributed by atoms with Gasteiger partial charge >= 0.3 is 0 Å². The molecule has 2 heterocycles. The molecule has 5 nitrogen and oxygen atoms in total. The van der Waals surface area contributed by atoms with Crippen LogP contribution in [0.25, 0.3) is 0 Å². The average Bonchev–Trinajstić information content (AvgIpc) is 2.82. The second-order valence-corrected chi connectivity index (χ2v) is 5.64. The Kier molecular flexibility index (Phi) is 7.30. The summed E-state index contributed by atoms with van der Waals surface area (Å²) < 4.78 is 0. The molecule has 0 radical (unpaired) electrons. The molecule has 0 spiro atoms. The van der Waals surface area contributed by atoms with Crippen LogP contribution in [0, 0.1) is 5.92 Å². The van der Waals surface area contributed by atoms with E-state index in [0.29, 0.717) is 13.0 Å². The van der Waals surface area contributed by atoms with Crippen LogP contribution in [0.2, 0.25) is 0 Å². The van der Waals surface area contributed by atoms with Crippen molar-refractivity contribution in [3.05, 3.63) is 0 Å². The van der Waals surface area contributed by atoms with E-state index in [1.54, 1.807) is 4.90 Å². The van der Waals surface area contributed by atoms with Crippen molar-refractivity contribution in [3.8, 4) is 0 Å². The molecular formula is C14H26ClN3O2. The summed E-state index contributed by atoms with van der Waals surface area (Å²) in [6.07, 6.45) is 4.91. The van der Waals surface area contributed by atoms with Gasteiger partial charge in [0.2, 0.25) is 11.8 Å². The van der Waals surface area contributed by atoms with Gasteiger partial charge in [0.1, 0.15) is 0 Å². The third-order valence-electron chi connectivity index (χ3n) is 4.27. The first-order chi connectivity index (χ1) is 9.20. The molecule has 2 aliphatic heterocycles. The van der Waals surface area contributed by atoms with Gasteiger partial charge in [0, 0.05) is 26.1 Å². The molecule has 2 fully saturated rings. The van der Waals surface area contributed by atoms with E-state index in [-0.39, 0.29) is 24.2 Å². The highest BCUT2D eigenvalue weighted by Gasteiger charge is 2.27. The van der Waals surface area contributed by atoms with Crippen LogP contribution in [0.15, 0.2) is 0 Å². The Hall–Kier alpha value is -0.810. The number of hydrogen-bond donors (Lipinski definition) is 1. The summed E-state index contributed by atoms with van der Waals surface area (Å²) in [6, 6.07) is 0. The van der Waals surface area contributed by atoms with E-state index < -0.39 is 0 Å². The molecule has 0 aromatic carbocycles. The minimum atomic E-state index is 0. The molecule has 0 aromatic rings. The lowest BCUT2D eigenvalue weighted by atomic mass is 9.93. The van der Waals surface area contributed by atoms with Crippen LogP contribution in [-0.4, -0.2) is 61.4 Å². The second-order valence-electron chi connectivity index (χ2n) is 5.64. The van der Waals surface area contributed by atoms with E-state index in [1.807, 2.05) is 11.9 Å². The van der Waals surface area contributed by atoms with Crippen molar-refractivity contribution in [3.63, 3.8) is 0 Å². The van der Waals surface area contributed by atoms with Crippen molar-refractivity contribution >= 4 is 24.2 Å². The van der Waals surface area contributed by atoms with Crippen molar-refractivity contribution in [1.82, 2.24) is 15.1 Å². The number of rotatable bonds is 5. The summed E-state index contributed by atoms with van der Waals surface area (Å²) in [7, 11) is 1.98. The van der Waals surface area contributed by atoms with Gasteiger partial charge in [-0.25, -0.2) is 0 Å². The lowest BCUT2D eigenvalue weighted by Crippen LogP contribution is -2.44. The summed E-state index contributed by atoms with van der Waals surface area (Å²) in [5, 5.41) is 3.18. The summed E-state index contributed by atoms with van der Waals surface area (Å²) in [6.45, 7) is 3.81. The zero-order chi connectivity index (χ0) is 13.7. The first-order valence-electron chi connectivity index (χ1n) is 7.41. The van der Waals surface area contributed by atoms with E-state index in [2.05, 4.69) is 5.32 Å². The van der Waals surface area contributed by atoms with Gasteiger partial charge in [0.25, 0.3) is 0 Å². The van der Waals surface area contributed by atoms with E-state index in [0.717, 1.165) is 51.4 Å². The Bertz CT molecular complexity index is 330. The topological polar surface area (TPSA) is 52.7 Å². The number of carbonyl (C=O) groups is 2. The fraction of sp³-hybridized carbons (Fsp3) is 0.857. The number of halogens is 1. The Labute approximate surface area is 127 Å². The quantitative estimate of drug-likeness (QED) is 0.820. The SMILES string of the molecule is CNCCC1CCN(C(=O)CN2CCCC2=O)CC1.Cl. The van der Waals surface area contributed by atoms with Gasteiger partial charge in [-0.1, -0.05) is 0 Å². The Balaban J connectivity index is 0.00000200. The van der Waals surface area contributed by atoms with Crippen molar-refractivity contribution in [1.29, 1.82) is 0 Å². The molecule has 2 aliphatic rings. The number of piperidine rings is 1. The van der Waals surface area contributed by atoms with Crippen molar-refractivity contribution < 1.29 is 9.59 Å². The highest BCUT2D eigenvalue weighted by Crippen LogP contribution is 2.20. The van der Waals surface area contributed by atoms with E-state index in [9.17, 15) is 9.59 Å². The maximum absolute atomic E-state index is 12.1. The third-order valence-corrected chi connectivity index (χ3v) is 4.27.